The van der Waals surface area contributed by atoms with Crippen molar-refractivity contribution in [2.45, 2.75) is 36.1 Å². The van der Waals surface area contributed by atoms with Crippen molar-refractivity contribution in [3.63, 3.8) is 0 Å². The number of hydrogen-bond donors (Lipinski definition) is 1. The van der Waals surface area contributed by atoms with Crippen molar-refractivity contribution in [1.82, 2.24) is 4.98 Å². The Labute approximate surface area is 146 Å². The van der Waals surface area contributed by atoms with E-state index < -0.39 is 19.7 Å². The summed E-state index contributed by atoms with van der Waals surface area (Å²) in [4.78, 5) is 5.43. The lowest BCUT2D eigenvalue weighted by atomic mass is 10.2. The summed E-state index contributed by atoms with van der Waals surface area (Å²) in [6.07, 6.45) is 4.80. The maximum absolute atomic E-state index is 12.1. The Hall–Kier alpha value is -1.45. The fraction of sp³-hybridized carbons (Fsp3) is 0.400. The fourth-order valence-corrected chi connectivity index (χ4v) is 4.59. The first kappa shape index (κ1) is 18.9. The summed E-state index contributed by atoms with van der Waals surface area (Å²) in [5, 5.41) is 3.97. The minimum atomic E-state index is -3.59. The molecule has 0 saturated heterocycles. The summed E-state index contributed by atoms with van der Waals surface area (Å²) in [5.74, 6) is 0. The molecule has 2 rings (SSSR count). The first-order valence-electron chi connectivity index (χ1n) is 7.27. The van der Waals surface area contributed by atoms with Crippen LogP contribution in [0, 0.1) is 0 Å². The van der Waals surface area contributed by atoms with E-state index in [1.807, 2.05) is 20.0 Å². The van der Waals surface area contributed by atoms with E-state index in [9.17, 15) is 16.8 Å². The molecule has 0 aliphatic carbocycles. The highest BCUT2D eigenvalue weighted by Gasteiger charge is 2.20. The molecule has 6 nitrogen and oxygen atoms in total. The highest BCUT2D eigenvalue weighted by atomic mass is 32.2. The summed E-state index contributed by atoms with van der Waals surface area (Å²) in [5.41, 5.74) is 0.366. The second-order valence-corrected chi connectivity index (χ2v) is 10.7. The second-order valence-electron chi connectivity index (χ2n) is 5.59. The molecule has 1 aromatic heterocycles. The van der Waals surface area contributed by atoms with Crippen LogP contribution in [0.5, 0.6) is 0 Å². The van der Waals surface area contributed by atoms with E-state index in [4.69, 9.17) is 0 Å². The summed E-state index contributed by atoms with van der Waals surface area (Å²) in [6, 6.07) is 3.88. The Morgan fingerprint density at radius 1 is 1.17 bits per heavy atom. The van der Waals surface area contributed by atoms with Crippen molar-refractivity contribution in [2.75, 3.05) is 17.8 Å². The molecule has 1 aromatic carbocycles. The van der Waals surface area contributed by atoms with Gasteiger partial charge in [-0.25, -0.2) is 21.8 Å². The van der Waals surface area contributed by atoms with Gasteiger partial charge < -0.3 is 5.32 Å². The molecule has 1 atom stereocenters. The van der Waals surface area contributed by atoms with Gasteiger partial charge in [-0.2, -0.15) is 0 Å². The number of aromatic nitrogens is 1. The van der Waals surface area contributed by atoms with Crippen LogP contribution >= 0.6 is 11.3 Å². The van der Waals surface area contributed by atoms with E-state index in [1.165, 1.54) is 18.2 Å². The predicted octanol–water partition coefficient (Wildman–Crippen LogP) is 2.69. The molecule has 1 unspecified atom stereocenters. The third-order valence-electron chi connectivity index (χ3n) is 3.44. The largest absolute Gasteiger partial charge is 0.375 e. The predicted molar refractivity (Wildman–Crippen MR) is 96.2 cm³/mol. The highest BCUT2D eigenvalue weighted by molar-refractivity contribution is 7.91. The maximum Gasteiger partial charge on any atom is 0.177 e. The van der Waals surface area contributed by atoms with Crippen molar-refractivity contribution in [3.05, 3.63) is 34.3 Å². The number of anilines is 1. The average molecular weight is 389 g/mol. The van der Waals surface area contributed by atoms with Crippen LogP contribution in [0.3, 0.4) is 0 Å². The van der Waals surface area contributed by atoms with Crippen molar-refractivity contribution >= 4 is 36.7 Å². The monoisotopic (exact) mass is 388 g/mol. The third kappa shape index (κ3) is 4.34. The molecular formula is C15H20N2O4S3. The number of thiazole rings is 1. The lowest BCUT2D eigenvalue weighted by Gasteiger charge is -2.16. The van der Waals surface area contributed by atoms with Gasteiger partial charge in [0.05, 0.1) is 21.5 Å². The summed E-state index contributed by atoms with van der Waals surface area (Å²) >= 11 is 1.56. The van der Waals surface area contributed by atoms with E-state index in [1.54, 1.807) is 11.3 Å². The van der Waals surface area contributed by atoms with Gasteiger partial charge in [-0.05, 0) is 31.5 Å². The Bertz CT molecular complexity index is 947. The van der Waals surface area contributed by atoms with Crippen molar-refractivity contribution < 1.29 is 16.8 Å². The molecule has 0 spiro atoms. The Morgan fingerprint density at radius 2 is 1.83 bits per heavy atom. The number of hydrogen-bond acceptors (Lipinski definition) is 7. The SMILES string of the molecule is CCc1cnc(C(C)Nc2ccc(S(C)(=O)=O)cc2S(C)(=O)=O)s1. The van der Waals surface area contributed by atoms with Gasteiger partial charge in [0.1, 0.15) is 5.01 Å². The van der Waals surface area contributed by atoms with Crippen LogP contribution in [0.15, 0.2) is 34.2 Å². The zero-order valence-electron chi connectivity index (χ0n) is 13.9. The number of benzene rings is 1. The van der Waals surface area contributed by atoms with Crippen LogP contribution in [-0.4, -0.2) is 34.3 Å². The number of sulfone groups is 2. The quantitative estimate of drug-likeness (QED) is 0.818. The van der Waals surface area contributed by atoms with Gasteiger partial charge in [-0.3, -0.25) is 0 Å². The minimum Gasteiger partial charge on any atom is -0.375 e. The molecule has 0 fully saturated rings. The Morgan fingerprint density at radius 3 is 2.33 bits per heavy atom. The first-order valence-corrected chi connectivity index (χ1v) is 11.9. The normalized spacial score (nSPS) is 13.7. The minimum absolute atomic E-state index is 0.0244. The fourth-order valence-electron chi connectivity index (χ4n) is 2.14. The summed E-state index contributed by atoms with van der Waals surface area (Å²) in [6.45, 7) is 3.93. The second kappa shape index (κ2) is 6.81. The van der Waals surface area contributed by atoms with E-state index >= 15 is 0 Å². The van der Waals surface area contributed by atoms with Gasteiger partial charge >= 0.3 is 0 Å². The number of rotatable bonds is 6. The summed E-state index contributed by atoms with van der Waals surface area (Å²) < 4.78 is 47.5. The molecule has 0 bridgehead atoms. The number of nitrogens with zero attached hydrogens (tertiary/aromatic N) is 1. The van der Waals surface area contributed by atoms with Crippen LogP contribution in [0.2, 0.25) is 0 Å². The summed E-state index contributed by atoms with van der Waals surface area (Å²) in [7, 11) is -7.07. The molecule has 1 heterocycles. The van der Waals surface area contributed by atoms with Crippen LogP contribution in [-0.2, 0) is 26.1 Å². The van der Waals surface area contributed by atoms with Gasteiger partial charge in [-0.15, -0.1) is 11.3 Å². The van der Waals surface area contributed by atoms with Crippen molar-refractivity contribution in [2.24, 2.45) is 0 Å². The van der Waals surface area contributed by atoms with E-state index in [0.29, 0.717) is 5.69 Å². The number of nitrogens with one attached hydrogen (secondary N) is 1. The molecule has 1 N–H and O–H groups in total. The number of aryl methyl sites for hydroxylation is 1. The standard InChI is InChI=1S/C15H20N2O4S3/c1-5-11-9-16-15(22-11)10(2)17-13-7-6-12(23(3,18)19)8-14(13)24(4,20)21/h6-10,17H,5H2,1-4H3. The smallest absolute Gasteiger partial charge is 0.177 e. The van der Waals surface area contributed by atoms with E-state index in [-0.39, 0.29) is 15.8 Å². The third-order valence-corrected chi connectivity index (χ3v) is 7.01. The topological polar surface area (TPSA) is 93.2 Å². The molecule has 24 heavy (non-hydrogen) atoms. The molecule has 2 aromatic rings. The maximum atomic E-state index is 12.1. The highest BCUT2D eigenvalue weighted by Crippen LogP contribution is 2.30. The van der Waals surface area contributed by atoms with Crippen molar-refractivity contribution in [3.8, 4) is 0 Å². The van der Waals surface area contributed by atoms with Crippen LogP contribution in [0.25, 0.3) is 0 Å². The van der Waals surface area contributed by atoms with Crippen LogP contribution < -0.4 is 5.32 Å². The lowest BCUT2D eigenvalue weighted by Crippen LogP contribution is -2.11. The first-order chi connectivity index (χ1) is 11.0. The van der Waals surface area contributed by atoms with Gasteiger partial charge in [0.2, 0.25) is 0 Å². The molecule has 0 amide bonds. The van der Waals surface area contributed by atoms with Crippen LogP contribution in [0.1, 0.15) is 29.8 Å². The molecule has 0 aliphatic heterocycles. The van der Waals surface area contributed by atoms with E-state index in [0.717, 1.165) is 28.8 Å². The van der Waals surface area contributed by atoms with Gasteiger partial charge in [-0.1, -0.05) is 6.92 Å². The molecular weight excluding hydrogens is 368 g/mol. The lowest BCUT2D eigenvalue weighted by molar-refractivity contribution is 0.600. The Balaban J connectivity index is 2.42. The molecule has 132 valence electrons. The molecule has 0 aliphatic rings. The van der Waals surface area contributed by atoms with E-state index in [2.05, 4.69) is 10.3 Å². The molecule has 0 saturated carbocycles. The van der Waals surface area contributed by atoms with Gasteiger partial charge in [0.25, 0.3) is 0 Å². The van der Waals surface area contributed by atoms with Crippen molar-refractivity contribution in [1.29, 1.82) is 0 Å². The molecule has 9 heteroatoms. The van der Waals surface area contributed by atoms with Gasteiger partial charge in [0, 0.05) is 23.6 Å². The van der Waals surface area contributed by atoms with Gasteiger partial charge in [0.15, 0.2) is 19.7 Å². The zero-order chi connectivity index (χ0) is 18.1. The zero-order valence-corrected chi connectivity index (χ0v) is 16.3. The molecule has 0 radical (unpaired) electrons. The van der Waals surface area contributed by atoms with Crippen LogP contribution in [0.4, 0.5) is 5.69 Å². The Kier molecular flexibility index (Phi) is 5.36. The average Bonchev–Trinajstić information content (AvgIpc) is 2.94.